The largest absolute Gasteiger partial charge is 0.488 e. The molecule has 2 N–H and O–H groups in total. The first-order chi connectivity index (χ1) is 12.8. The number of ether oxygens (including phenoxy) is 1. The van der Waals surface area contributed by atoms with Crippen LogP contribution in [0.2, 0.25) is 0 Å². The maximum atomic E-state index is 12.2. The molecule has 1 aliphatic heterocycles. The highest BCUT2D eigenvalue weighted by Crippen LogP contribution is 2.23. The SMILES string of the molecule is Cc1c(CS(=O)(=O)Cl)cc(N2CCN(C(=O)OC(C)(C)C)CC2)cc1B(O)O. The van der Waals surface area contributed by atoms with Crippen molar-refractivity contribution in [3.05, 3.63) is 23.3 Å². The Bertz CT molecular complexity index is 833. The van der Waals surface area contributed by atoms with E-state index in [1.807, 2.05) is 25.7 Å². The second-order valence-electron chi connectivity index (χ2n) is 7.83. The molecule has 1 aliphatic rings. The van der Waals surface area contributed by atoms with Crippen molar-refractivity contribution < 1.29 is 28.0 Å². The molecule has 0 atom stereocenters. The van der Waals surface area contributed by atoms with Crippen LogP contribution in [0.15, 0.2) is 12.1 Å². The summed E-state index contributed by atoms with van der Waals surface area (Å²) in [4.78, 5) is 15.8. The lowest BCUT2D eigenvalue weighted by Gasteiger charge is -2.37. The Morgan fingerprint density at radius 1 is 1.21 bits per heavy atom. The van der Waals surface area contributed by atoms with Gasteiger partial charge in [-0.3, -0.25) is 0 Å². The molecule has 0 aliphatic carbocycles. The van der Waals surface area contributed by atoms with Crippen molar-refractivity contribution in [1.29, 1.82) is 0 Å². The van der Waals surface area contributed by atoms with E-state index in [1.54, 1.807) is 24.0 Å². The summed E-state index contributed by atoms with van der Waals surface area (Å²) in [5, 5.41) is 19.3. The van der Waals surface area contributed by atoms with Crippen LogP contribution in [-0.4, -0.2) is 68.4 Å². The topological polar surface area (TPSA) is 107 Å². The Balaban J connectivity index is 2.21. The third-order valence-corrected chi connectivity index (χ3v) is 5.43. The summed E-state index contributed by atoms with van der Waals surface area (Å²) in [5.74, 6) is -0.411. The highest BCUT2D eigenvalue weighted by Gasteiger charge is 2.27. The number of piperazine rings is 1. The molecule has 11 heteroatoms. The van der Waals surface area contributed by atoms with Crippen molar-refractivity contribution in [3.63, 3.8) is 0 Å². The first-order valence-electron chi connectivity index (χ1n) is 8.91. The van der Waals surface area contributed by atoms with E-state index in [9.17, 15) is 23.3 Å². The standard InChI is InChI=1S/C17H26BClN2O6S/c1-12-13(11-28(19,25)26)9-14(10-15(12)18(23)24)20-5-7-21(8-6-20)16(22)27-17(2,3)4/h9-10,23-24H,5-8,11H2,1-4H3. The van der Waals surface area contributed by atoms with Crippen molar-refractivity contribution in [2.75, 3.05) is 31.1 Å². The predicted molar refractivity (Wildman–Crippen MR) is 110 cm³/mol. The molecule has 0 unspecified atom stereocenters. The van der Waals surface area contributed by atoms with Crippen LogP contribution >= 0.6 is 10.7 Å². The highest BCUT2D eigenvalue weighted by atomic mass is 35.7. The summed E-state index contributed by atoms with van der Waals surface area (Å²) in [7, 11) is -0.150. The number of nitrogens with zero attached hydrogens (tertiary/aromatic N) is 2. The van der Waals surface area contributed by atoms with Crippen molar-refractivity contribution in [2.45, 2.75) is 39.0 Å². The van der Waals surface area contributed by atoms with E-state index in [-0.39, 0.29) is 11.6 Å². The van der Waals surface area contributed by atoms with Crippen molar-refractivity contribution in [3.8, 4) is 0 Å². The summed E-state index contributed by atoms with van der Waals surface area (Å²) < 4.78 is 28.4. The van der Waals surface area contributed by atoms with Gasteiger partial charge in [-0.2, -0.15) is 0 Å². The zero-order valence-electron chi connectivity index (χ0n) is 16.5. The van der Waals surface area contributed by atoms with Gasteiger partial charge in [0.1, 0.15) is 5.60 Å². The van der Waals surface area contributed by atoms with E-state index in [1.165, 1.54) is 0 Å². The molecule has 0 bridgehead atoms. The molecule has 1 aromatic rings. The number of carbonyl (C=O) groups is 1. The summed E-state index contributed by atoms with van der Waals surface area (Å²) in [5.41, 5.74) is 1.18. The second-order valence-corrected chi connectivity index (χ2v) is 10.6. The number of carbonyl (C=O) groups excluding carboxylic acids is 1. The normalized spacial score (nSPS) is 15.5. The minimum Gasteiger partial charge on any atom is -0.444 e. The lowest BCUT2D eigenvalue weighted by molar-refractivity contribution is 0.0240. The molecule has 1 heterocycles. The van der Waals surface area contributed by atoms with E-state index < -0.39 is 27.5 Å². The van der Waals surface area contributed by atoms with Crippen LogP contribution < -0.4 is 10.4 Å². The maximum absolute atomic E-state index is 12.2. The quantitative estimate of drug-likeness (QED) is 0.535. The Morgan fingerprint density at radius 3 is 2.25 bits per heavy atom. The van der Waals surface area contributed by atoms with Crippen LogP contribution in [-0.2, 0) is 19.5 Å². The zero-order chi connectivity index (χ0) is 21.3. The van der Waals surface area contributed by atoms with Crippen molar-refractivity contribution >= 4 is 44.1 Å². The van der Waals surface area contributed by atoms with E-state index in [2.05, 4.69) is 0 Å². The number of benzene rings is 1. The molecule has 0 saturated carbocycles. The van der Waals surface area contributed by atoms with Gasteiger partial charge < -0.3 is 24.6 Å². The molecule has 1 aromatic carbocycles. The summed E-state index contributed by atoms with van der Waals surface area (Å²) in [6, 6.07) is 3.30. The van der Waals surface area contributed by atoms with E-state index in [0.717, 1.165) is 0 Å². The number of rotatable bonds is 4. The molecule has 0 aromatic heterocycles. The number of anilines is 1. The molecular formula is C17H26BClN2O6S. The van der Waals surface area contributed by atoms with Crippen LogP contribution in [0.25, 0.3) is 0 Å². The number of halogens is 1. The lowest BCUT2D eigenvalue weighted by Crippen LogP contribution is -2.50. The molecule has 0 radical (unpaired) electrons. The zero-order valence-corrected chi connectivity index (χ0v) is 18.0. The van der Waals surface area contributed by atoms with Crippen molar-refractivity contribution in [1.82, 2.24) is 4.90 Å². The predicted octanol–water partition coefficient (Wildman–Crippen LogP) is 0.801. The molecule has 1 saturated heterocycles. The van der Waals surface area contributed by atoms with Crippen LogP contribution in [0.5, 0.6) is 0 Å². The van der Waals surface area contributed by atoms with Gasteiger partial charge in [-0.05, 0) is 56.4 Å². The van der Waals surface area contributed by atoms with Crippen LogP contribution in [0.3, 0.4) is 0 Å². The summed E-state index contributed by atoms with van der Waals surface area (Å²) in [6.07, 6.45) is -0.378. The third kappa shape index (κ3) is 6.27. The molecule has 28 heavy (non-hydrogen) atoms. The van der Waals surface area contributed by atoms with Gasteiger partial charge in [-0.25, -0.2) is 13.2 Å². The first kappa shape index (κ1) is 22.8. The average molecular weight is 433 g/mol. The fraction of sp³-hybridized carbons (Fsp3) is 0.588. The Kier molecular flexibility index (Phi) is 6.91. The minimum absolute atomic E-state index is 0.224. The van der Waals surface area contributed by atoms with E-state index >= 15 is 0 Å². The number of amides is 1. The molecule has 8 nitrogen and oxygen atoms in total. The van der Waals surface area contributed by atoms with Gasteiger partial charge in [0, 0.05) is 42.5 Å². The van der Waals surface area contributed by atoms with Crippen LogP contribution in [0, 0.1) is 6.92 Å². The van der Waals surface area contributed by atoms with E-state index in [0.29, 0.717) is 43.0 Å². The molecule has 1 amide bonds. The van der Waals surface area contributed by atoms with E-state index in [4.69, 9.17) is 15.4 Å². The van der Waals surface area contributed by atoms with Gasteiger partial charge in [0.2, 0.25) is 9.05 Å². The summed E-state index contributed by atoms with van der Waals surface area (Å²) >= 11 is 0. The van der Waals surface area contributed by atoms with Gasteiger partial charge >= 0.3 is 13.2 Å². The summed E-state index contributed by atoms with van der Waals surface area (Å²) in [6.45, 7) is 8.90. The fourth-order valence-corrected chi connectivity index (χ4v) is 4.07. The first-order valence-corrected chi connectivity index (χ1v) is 11.4. The van der Waals surface area contributed by atoms with Gasteiger partial charge in [-0.1, -0.05) is 0 Å². The van der Waals surface area contributed by atoms with Gasteiger partial charge in [0.05, 0.1) is 5.75 Å². The van der Waals surface area contributed by atoms with Crippen LogP contribution in [0.4, 0.5) is 10.5 Å². The second kappa shape index (κ2) is 8.48. The van der Waals surface area contributed by atoms with Crippen molar-refractivity contribution in [2.24, 2.45) is 0 Å². The molecule has 1 fully saturated rings. The Hall–Kier alpha value is -1.49. The molecule has 0 spiro atoms. The monoisotopic (exact) mass is 432 g/mol. The molecule has 156 valence electrons. The average Bonchev–Trinajstić information content (AvgIpc) is 2.53. The lowest BCUT2D eigenvalue weighted by atomic mass is 9.75. The third-order valence-electron chi connectivity index (χ3n) is 4.44. The highest BCUT2D eigenvalue weighted by molar-refractivity contribution is 8.13. The number of hydrogen-bond donors (Lipinski definition) is 2. The van der Waals surface area contributed by atoms with Gasteiger partial charge in [0.15, 0.2) is 0 Å². The van der Waals surface area contributed by atoms with Gasteiger partial charge in [0.25, 0.3) is 0 Å². The van der Waals surface area contributed by atoms with Gasteiger partial charge in [-0.15, -0.1) is 0 Å². The minimum atomic E-state index is -3.81. The maximum Gasteiger partial charge on any atom is 0.488 e. The Labute approximate surface area is 170 Å². The van der Waals surface area contributed by atoms with Crippen LogP contribution in [0.1, 0.15) is 31.9 Å². The molecule has 2 rings (SSSR count). The smallest absolute Gasteiger partial charge is 0.444 e. The fourth-order valence-electron chi connectivity index (χ4n) is 3.04. The number of hydrogen-bond acceptors (Lipinski definition) is 7. The Morgan fingerprint density at radius 2 is 1.79 bits per heavy atom. The molecular weight excluding hydrogens is 407 g/mol.